The van der Waals surface area contributed by atoms with Crippen molar-refractivity contribution in [3.05, 3.63) is 24.0 Å². The Morgan fingerprint density at radius 2 is 2.16 bits per heavy atom. The fourth-order valence-corrected chi connectivity index (χ4v) is 2.22. The van der Waals surface area contributed by atoms with Crippen LogP contribution in [0.1, 0.15) is 18.5 Å². The summed E-state index contributed by atoms with van der Waals surface area (Å²) in [6, 6.07) is 3.59. The van der Waals surface area contributed by atoms with Crippen LogP contribution < -0.4 is 10.6 Å². The molecule has 2 N–H and O–H groups in total. The van der Waals surface area contributed by atoms with Crippen molar-refractivity contribution >= 4 is 11.7 Å². The summed E-state index contributed by atoms with van der Waals surface area (Å²) in [4.78, 5) is 18.2. The molecule has 1 aromatic rings. The predicted molar refractivity (Wildman–Crippen MR) is 76.2 cm³/mol. The van der Waals surface area contributed by atoms with E-state index in [9.17, 15) is 4.79 Å². The molecule has 1 aliphatic heterocycles. The molecule has 2 heterocycles. The number of likely N-dealkylation sites (tertiary alicyclic amines) is 1. The summed E-state index contributed by atoms with van der Waals surface area (Å²) in [6.45, 7) is 4.91. The number of carbonyl (C=O) groups excluding carboxylic acids is 1. The molecule has 19 heavy (non-hydrogen) atoms. The molecule has 0 spiro atoms. The normalized spacial score (nSPS) is 17.2. The number of piperidine rings is 1. The van der Waals surface area contributed by atoms with Crippen molar-refractivity contribution in [1.29, 1.82) is 0 Å². The second-order valence-corrected chi connectivity index (χ2v) is 5.27. The smallest absolute Gasteiger partial charge is 0.319 e. The highest BCUT2D eigenvalue weighted by Gasteiger charge is 2.17. The summed E-state index contributed by atoms with van der Waals surface area (Å²) in [5.41, 5.74) is 1.67. The molecule has 104 valence electrons. The quantitative estimate of drug-likeness (QED) is 0.874. The van der Waals surface area contributed by atoms with Crippen molar-refractivity contribution in [3.63, 3.8) is 0 Å². The van der Waals surface area contributed by atoms with E-state index in [-0.39, 0.29) is 6.03 Å². The first-order valence-corrected chi connectivity index (χ1v) is 6.79. The van der Waals surface area contributed by atoms with Gasteiger partial charge in [-0.1, -0.05) is 0 Å². The fraction of sp³-hybridized carbons (Fsp3) is 0.571. The summed E-state index contributed by atoms with van der Waals surface area (Å²) in [6.07, 6.45) is 3.98. The number of nitrogens with zero attached hydrogens (tertiary/aromatic N) is 2. The molecule has 1 aromatic heterocycles. The number of rotatable bonds is 3. The summed E-state index contributed by atoms with van der Waals surface area (Å²) in [7, 11) is 2.14. The third-order valence-electron chi connectivity index (χ3n) is 3.56. The van der Waals surface area contributed by atoms with Gasteiger partial charge in [0.2, 0.25) is 0 Å². The largest absolute Gasteiger partial charge is 0.338 e. The van der Waals surface area contributed by atoms with E-state index in [1.165, 1.54) is 0 Å². The Hall–Kier alpha value is -1.62. The molecule has 5 nitrogen and oxygen atoms in total. The van der Waals surface area contributed by atoms with Crippen molar-refractivity contribution in [1.82, 2.24) is 15.2 Å². The molecular formula is C14H22N4O. The molecule has 0 aliphatic carbocycles. The molecule has 0 aromatic carbocycles. The van der Waals surface area contributed by atoms with Crippen LogP contribution >= 0.6 is 0 Å². The molecule has 0 saturated carbocycles. The van der Waals surface area contributed by atoms with Crippen LogP contribution in [0.3, 0.4) is 0 Å². The van der Waals surface area contributed by atoms with Crippen LogP contribution in [-0.4, -0.2) is 42.6 Å². The lowest BCUT2D eigenvalue weighted by Gasteiger charge is -2.28. The highest BCUT2D eigenvalue weighted by molar-refractivity contribution is 5.88. The first-order chi connectivity index (χ1) is 9.13. The van der Waals surface area contributed by atoms with E-state index in [4.69, 9.17) is 0 Å². The molecule has 1 saturated heterocycles. The number of nitrogens with one attached hydrogen (secondary N) is 2. The molecule has 2 amide bonds. The van der Waals surface area contributed by atoms with Gasteiger partial charge in [-0.3, -0.25) is 4.98 Å². The highest BCUT2D eigenvalue weighted by Crippen LogP contribution is 2.14. The Kier molecular flexibility index (Phi) is 4.74. The lowest BCUT2D eigenvalue weighted by atomic mass is 9.97. The number of aryl methyl sites for hydroxylation is 1. The monoisotopic (exact) mass is 262 g/mol. The Balaban J connectivity index is 1.71. The molecule has 1 fully saturated rings. The maximum Gasteiger partial charge on any atom is 0.319 e. The van der Waals surface area contributed by atoms with Gasteiger partial charge in [0.25, 0.3) is 0 Å². The minimum absolute atomic E-state index is 0.149. The number of urea groups is 1. The van der Waals surface area contributed by atoms with Gasteiger partial charge in [0, 0.05) is 12.2 Å². The molecular weight excluding hydrogens is 240 g/mol. The van der Waals surface area contributed by atoms with Crippen LogP contribution in [0.4, 0.5) is 10.5 Å². The molecule has 0 atom stereocenters. The van der Waals surface area contributed by atoms with Gasteiger partial charge in [-0.2, -0.15) is 0 Å². The minimum Gasteiger partial charge on any atom is -0.338 e. The third-order valence-corrected chi connectivity index (χ3v) is 3.56. The van der Waals surface area contributed by atoms with E-state index in [0.29, 0.717) is 5.92 Å². The number of carbonyl (C=O) groups is 1. The second-order valence-electron chi connectivity index (χ2n) is 5.27. The number of aromatic nitrogens is 1. The van der Waals surface area contributed by atoms with Crippen LogP contribution in [-0.2, 0) is 0 Å². The van der Waals surface area contributed by atoms with Gasteiger partial charge in [-0.05, 0) is 58.0 Å². The number of anilines is 1. The standard InChI is InChI=1S/C14H22N4O/c1-11-3-4-13(10-15-11)17-14(19)16-9-12-5-7-18(2)8-6-12/h3-4,10,12H,5-9H2,1-2H3,(H2,16,17,19). The Labute approximate surface area is 114 Å². The summed E-state index contributed by atoms with van der Waals surface area (Å²) < 4.78 is 0. The SMILES string of the molecule is Cc1ccc(NC(=O)NCC2CCN(C)CC2)cn1. The fourth-order valence-electron chi connectivity index (χ4n) is 2.22. The van der Waals surface area contributed by atoms with E-state index in [2.05, 4.69) is 27.6 Å². The van der Waals surface area contributed by atoms with Gasteiger partial charge in [0.05, 0.1) is 11.9 Å². The van der Waals surface area contributed by atoms with Crippen LogP contribution in [0.15, 0.2) is 18.3 Å². The maximum atomic E-state index is 11.7. The van der Waals surface area contributed by atoms with E-state index >= 15 is 0 Å². The Morgan fingerprint density at radius 3 is 2.79 bits per heavy atom. The van der Waals surface area contributed by atoms with Crippen LogP contribution in [0.2, 0.25) is 0 Å². The van der Waals surface area contributed by atoms with E-state index in [1.54, 1.807) is 6.20 Å². The first-order valence-electron chi connectivity index (χ1n) is 6.79. The molecule has 0 bridgehead atoms. The van der Waals surface area contributed by atoms with Crippen molar-refractivity contribution < 1.29 is 4.79 Å². The van der Waals surface area contributed by atoms with Gasteiger partial charge in [-0.15, -0.1) is 0 Å². The molecule has 5 heteroatoms. The molecule has 0 unspecified atom stereocenters. The van der Waals surface area contributed by atoms with Gasteiger partial charge < -0.3 is 15.5 Å². The molecule has 1 aliphatic rings. The molecule has 2 rings (SSSR count). The van der Waals surface area contributed by atoms with Gasteiger partial charge >= 0.3 is 6.03 Å². The van der Waals surface area contributed by atoms with Gasteiger partial charge in [0.1, 0.15) is 0 Å². The zero-order chi connectivity index (χ0) is 13.7. The van der Waals surface area contributed by atoms with Crippen molar-refractivity contribution in [2.24, 2.45) is 5.92 Å². The van der Waals surface area contributed by atoms with E-state index < -0.39 is 0 Å². The summed E-state index contributed by atoms with van der Waals surface area (Å²) >= 11 is 0. The van der Waals surface area contributed by atoms with E-state index in [0.717, 1.165) is 43.9 Å². The lowest BCUT2D eigenvalue weighted by molar-refractivity contribution is 0.213. The maximum absolute atomic E-state index is 11.7. The van der Waals surface area contributed by atoms with Crippen molar-refractivity contribution in [2.75, 3.05) is 32.0 Å². The third kappa shape index (κ3) is 4.52. The number of hydrogen-bond acceptors (Lipinski definition) is 3. The minimum atomic E-state index is -0.149. The Bertz CT molecular complexity index is 410. The zero-order valence-corrected chi connectivity index (χ0v) is 11.6. The predicted octanol–water partition coefficient (Wildman–Crippen LogP) is 1.85. The van der Waals surface area contributed by atoms with Crippen LogP contribution in [0, 0.1) is 12.8 Å². The number of hydrogen-bond donors (Lipinski definition) is 2. The first kappa shape index (κ1) is 13.8. The number of amides is 2. The van der Waals surface area contributed by atoms with Crippen molar-refractivity contribution in [2.45, 2.75) is 19.8 Å². The summed E-state index contributed by atoms with van der Waals surface area (Å²) in [5, 5.41) is 5.73. The zero-order valence-electron chi connectivity index (χ0n) is 11.6. The number of pyridine rings is 1. The molecule has 0 radical (unpaired) electrons. The van der Waals surface area contributed by atoms with Gasteiger partial charge in [0.15, 0.2) is 0 Å². The average molecular weight is 262 g/mol. The summed E-state index contributed by atoms with van der Waals surface area (Å²) in [5.74, 6) is 0.595. The lowest BCUT2D eigenvalue weighted by Crippen LogP contribution is -2.38. The topological polar surface area (TPSA) is 57.3 Å². The van der Waals surface area contributed by atoms with Crippen LogP contribution in [0.5, 0.6) is 0 Å². The Morgan fingerprint density at radius 1 is 1.42 bits per heavy atom. The second kappa shape index (κ2) is 6.52. The van der Waals surface area contributed by atoms with E-state index in [1.807, 2.05) is 19.1 Å². The average Bonchev–Trinajstić information content (AvgIpc) is 2.41. The van der Waals surface area contributed by atoms with Gasteiger partial charge in [-0.25, -0.2) is 4.79 Å². The van der Waals surface area contributed by atoms with Crippen LogP contribution in [0.25, 0.3) is 0 Å². The van der Waals surface area contributed by atoms with Crippen molar-refractivity contribution in [3.8, 4) is 0 Å². The highest BCUT2D eigenvalue weighted by atomic mass is 16.2.